The molecule has 2 heterocycles. The number of amides is 3. The molecule has 1 aromatic carbocycles. The zero-order valence-corrected chi connectivity index (χ0v) is 18.2. The molecule has 0 bridgehead atoms. The molecule has 0 aromatic heterocycles. The number of halogens is 1. The van der Waals surface area contributed by atoms with Crippen molar-refractivity contribution in [2.45, 2.75) is 44.6 Å². The summed E-state index contributed by atoms with van der Waals surface area (Å²) in [5, 5.41) is 3.13. The molecule has 1 saturated carbocycles. The fourth-order valence-electron chi connectivity index (χ4n) is 4.27. The SMILES string of the molecule is O=C(NC1CCN(C(=O)C2CCN(C(=O)c3ccc(Br)cc3)CC2)CC1)C1CC1. The molecular formula is C22H28BrN3O3. The largest absolute Gasteiger partial charge is 0.353 e. The molecule has 7 heteroatoms. The van der Waals surface area contributed by atoms with Crippen LogP contribution in [-0.2, 0) is 9.59 Å². The van der Waals surface area contributed by atoms with Crippen molar-refractivity contribution < 1.29 is 14.4 Å². The summed E-state index contributed by atoms with van der Waals surface area (Å²) in [5.74, 6) is 0.683. The Balaban J connectivity index is 1.22. The van der Waals surface area contributed by atoms with Gasteiger partial charge in [0.2, 0.25) is 11.8 Å². The fourth-order valence-corrected chi connectivity index (χ4v) is 4.54. The van der Waals surface area contributed by atoms with Crippen molar-refractivity contribution in [3.8, 4) is 0 Å². The third-order valence-corrected chi connectivity index (χ3v) is 6.85. The highest BCUT2D eigenvalue weighted by atomic mass is 79.9. The highest BCUT2D eigenvalue weighted by molar-refractivity contribution is 9.10. The Morgan fingerprint density at radius 1 is 0.793 bits per heavy atom. The predicted octanol–water partition coefficient (Wildman–Crippen LogP) is 2.82. The van der Waals surface area contributed by atoms with Gasteiger partial charge in [-0.3, -0.25) is 14.4 Å². The third-order valence-electron chi connectivity index (χ3n) is 6.32. The fraction of sp³-hybridized carbons (Fsp3) is 0.591. The van der Waals surface area contributed by atoms with E-state index in [2.05, 4.69) is 21.2 Å². The van der Waals surface area contributed by atoms with Crippen LogP contribution in [0.1, 0.15) is 48.9 Å². The summed E-state index contributed by atoms with van der Waals surface area (Å²) >= 11 is 3.39. The maximum absolute atomic E-state index is 12.9. The van der Waals surface area contributed by atoms with E-state index in [1.54, 1.807) is 0 Å². The lowest BCUT2D eigenvalue weighted by molar-refractivity contribution is -0.138. The normalized spacial score (nSPS) is 21.1. The smallest absolute Gasteiger partial charge is 0.253 e. The second-order valence-corrected chi connectivity index (χ2v) is 9.37. The number of piperidine rings is 2. The van der Waals surface area contributed by atoms with E-state index in [0.29, 0.717) is 31.7 Å². The molecule has 1 aliphatic carbocycles. The van der Waals surface area contributed by atoms with Crippen molar-refractivity contribution in [1.29, 1.82) is 0 Å². The van der Waals surface area contributed by atoms with Crippen molar-refractivity contribution in [2.75, 3.05) is 26.2 Å². The average Bonchev–Trinajstić information content (AvgIpc) is 3.60. The Kier molecular flexibility index (Phi) is 6.23. The standard InChI is InChI=1S/C22H28BrN3O3/c23-18-5-3-16(4-6-18)21(28)25-11-7-17(8-12-25)22(29)26-13-9-19(10-14-26)24-20(27)15-1-2-15/h3-6,15,17,19H,1-2,7-14H2,(H,24,27). The summed E-state index contributed by atoms with van der Waals surface area (Å²) in [7, 11) is 0. The van der Waals surface area contributed by atoms with Crippen LogP contribution in [0, 0.1) is 11.8 Å². The minimum absolute atomic E-state index is 0.00146. The van der Waals surface area contributed by atoms with Gasteiger partial charge in [-0.1, -0.05) is 15.9 Å². The number of nitrogens with zero attached hydrogens (tertiary/aromatic N) is 2. The van der Waals surface area contributed by atoms with E-state index in [-0.39, 0.29) is 35.6 Å². The van der Waals surface area contributed by atoms with Gasteiger partial charge in [-0.25, -0.2) is 0 Å². The molecule has 2 saturated heterocycles. The Bertz CT molecular complexity index is 762. The summed E-state index contributed by atoms with van der Waals surface area (Å²) in [5.41, 5.74) is 0.688. The number of benzene rings is 1. The van der Waals surface area contributed by atoms with Crippen molar-refractivity contribution >= 4 is 33.7 Å². The molecule has 2 aliphatic heterocycles. The van der Waals surface area contributed by atoms with Crippen molar-refractivity contribution in [3.63, 3.8) is 0 Å². The summed E-state index contributed by atoms with van der Waals surface area (Å²) in [4.78, 5) is 41.3. The number of likely N-dealkylation sites (tertiary alicyclic amines) is 2. The highest BCUT2D eigenvalue weighted by Crippen LogP contribution is 2.29. The zero-order valence-electron chi connectivity index (χ0n) is 16.6. The Morgan fingerprint density at radius 2 is 1.38 bits per heavy atom. The van der Waals surface area contributed by atoms with Crippen molar-refractivity contribution in [1.82, 2.24) is 15.1 Å². The van der Waals surface area contributed by atoms with E-state index in [1.165, 1.54) is 0 Å². The quantitative estimate of drug-likeness (QED) is 0.749. The van der Waals surface area contributed by atoms with Crippen LogP contribution >= 0.6 is 15.9 Å². The van der Waals surface area contributed by atoms with E-state index in [4.69, 9.17) is 0 Å². The van der Waals surface area contributed by atoms with E-state index in [0.717, 1.165) is 43.0 Å². The number of hydrogen-bond donors (Lipinski definition) is 1. The summed E-state index contributed by atoms with van der Waals surface area (Å²) in [6, 6.07) is 7.61. The van der Waals surface area contributed by atoms with Crippen molar-refractivity contribution in [2.24, 2.45) is 11.8 Å². The first kappa shape index (κ1) is 20.4. The van der Waals surface area contributed by atoms with Gasteiger partial charge in [0.05, 0.1) is 0 Å². The minimum atomic E-state index is 0.00146. The second-order valence-electron chi connectivity index (χ2n) is 8.46. The molecule has 29 heavy (non-hydrogen) atoms. The van der Waals surface area contributed by atoms with Gasteiger partial charge in [-0.05, 0) is 62.8 Å². The molecule has 1 aromatic rings. The molecule has 156 valence electrons. The molecule has 0 atom stereocenters. The van der Waals surface area contributed by atoms with Gasteiger partial charge in [0.15, 0.2) is 0 Å². The monoisotopic (exact) mass is 461 g/mol. The van der Waals surface area contributed by atoms with Gasteiger partial charge in [0, 0.05) is 54.1 Å². The zero-order chi connectivity index (χ0) is 20.4. The van der Waals surface area contributed by atoms with Gasteiger partial charge in [0.25, 0.3) is 5.91 Å². The Morgan fingerprint density at radius 3 is 1.97 bits per heavy atom. The van der Waals surface area contributed by atoms with Gasteiger partial charge in [-0.2, -0.15) is 0 Å². The van der Waals surface area contributed by atoms with E-state index < -0.39 is 0 Å². The minimum Gasteiger partial charge on any atom is -0.353 e. The molecule has 0 radical (unpaired) electrons. The van der Waals surface area contributed by atoms with Crippen LogP contribution in [0.25, 0.3) is 0 Å². The molecule has 0 unspecified atom stereocenters. The predicted molar refractivity (Wildman–Crippen MR) is 113 cm³/mol. The summed E-state index contributed by atoms with van der Waals surface area (Å²) in [6.07, 6.45) is 5.16. The van der Waals surface area contributed by atoms with Crippen LogP contribution in [0.5, 0.6) is 0 Å². The second kappa shape index (κ2) is 8.86. The van der Waals surface area contributed by atoms with Gasteiger partial charge >= 0.3 is 0 Å². The Hall–Kier alpha value is -1.89. The van der Waals surface area contributed by atoms with E-state index in [9.17, 15) is 14.4 Å². The summed E-state index contributed by atoms with van der Waals surface area (Å²) < 4.78 is 0.953. The first-order valence-electron chi connectivity index (χ1n) is 10.7. The molecule has 0 spiro atoms. The summed E-state index contributed by atoms with van der Waals surface area (Å²) in [6.45, 7) is 2.68. The third kappa shape index (κ3) is 5.00. The molecule has 6 nitrogen and oxygen atoms in total. The molecule has 1 N–H and O–H groups in total. The van der Waals surface area contributed by atoms with Gasteiger partial charge in [-0.15, -0.1) is 0 Å². The molecule has 3 amide bonds. The van der Waals surface area contributed by atoms with Crippen LogP contribution in [0.15, 0.2) is 28.7 Å². The van der Waals surface area contributed by atoms with Gasteiger partial charge in [0.1, 0.15) is 0 Å². The van der Waals surface area contributed by atoms with Crippen LogP contribution in [0.4, 0.5) is 0 Å². The highest BCUT2D eigenvalue weighted by Gasteiger charge is 2.34. The maximum Gasteiger partial charge on any atom is 0.253 e. The maximum atomic E-state index is 12.9. The first-order chi connectivity index (χ1) is 14.0. The molecule has 3 aliphatic rings. The van der Waals surface area contributed by atoms with Crippen molar-refractivity contribution in [3.05, 3.63) is 34.3 Å². The number of rotatable bonds is 4. The first-order valence-corrected chi connectivity index (χ1v) is 11.4. The molecule has 3 fully saturated rings. The number of carbonyl (C=O) groups excluding carboxylic acids is 3. The lowest BCUT2D eigenvalue weighted by Crippen LogP contribution is -2.50. The van der Waals surface area contributed by atoms with E-state index in [1.807, 2.05) is 34.1 Å². The van der Waals surface area contributed by atoms with E-state index >= 15 is 0 Å². The Labute approximate surface area is 180 Å². The lowest BCUT2D eigenvalue weighted by atomic mass is 9.93. The van der Waals surface area contributed by atoms with Crippen LogP contribution in [0.3, 0.4) is 0 Å². The van der Waals surface area contributed by atoms with Gasteiger partial charge < -0.3 is 15.1 Å². The van der Waals surface area contributed by atoms with Crippen LogP contribution < -0.4 is 5.32 Å². The molecule has 4 rings (SSSR count). The number of hydrogen-bond acceptors (Lipinski definition) is 3. The molecular weight excluding hydrogens is 434 g/mol. The van der Waals surface area contributed by atoms with Crippen LogP contribution in [0.2, 0.25) is 0 Å². The number of nitrogens with one attached hydrogen (secondary N) is 1. The topological polar surface area (TPSA) is 69.7 Å². The average molecular weight is 462 g/mol. The lowest BCUT2D eigenvalue weighted by Gasteiger charge is -2.37. The van der Waals surface area contributed by atoms with Crippen LogP contribution in [-0.4, -0.2) is 59.7 Å². The number of carbonyl (C=O) groups is 3.